The van der Waals surface area contributed by atoms with Gasteiger partial charge in [0.15, 0.2) is 0 Å². The fourth-order valence-corrected chi connectivity index (χ4v) is 1.74. The van der Waals surface area contributed by atoms with E-state index in [1.807, 2.05) is 30.5 Å². The molecule has 0 atom stereocenters. The number of nitriles is 1. The summed E-state index contributed by atoms with van der Waals surface area (Å²) in [7, 11) is 0. The van der Waals surface area contributed by atoms with Crippen LogP contribution in [0.15, 0.2) is 53.1 Å². The van der Waals surface area contributed by atoms with Gasteiger partial charge in [-0.25, -0.2) is 0 Å². The van der Waals surface area contributed by atoms with E-state index in [2.05, 4.69) is 29.3 Å². The molecule has 0 N–H and O–H groups in total. The summed E-state index contributed by atoms with van der Waals surface area (Å²) < 4.78 is 0. The second-order valence-electron chi connectivity index (χ2n) is 3.99. The van der Waals surface area contributed by atoms with Gasteiger partial charge < -0.3 is 0 Å². The standard InChI is InChI=1S/C15H14N2/c16-10-14-7-4-8-15(9-14)12-17-11-13-5-2-1-3-6-13/h1-2,4-5,7-9,11H,3,6,12H2/b17-11+. The van der Waals surface area contributed by atoms with Crippen molar-refractivity contribution in [2.75, 3.05) is 0 Å². The second kappa shape index (κ2) is 5.81. The van der Waals surface area contributed by atoms with Gasteiger partial charge in [-0.2, -0.15) is 5.26 Å². The third-order valence-electron chi connectivity index (χ3n) is 2.63. The molecular weight excluding hydrogens is 208 g/mol. The molecule has 2 nitrogen and oxygen atoms in total. The van der Waals surface area contributed by atoms with Crippen molar-refractivity contribution in [3.63, 3.8) is 0 Å². The number of rotatable bonds is 3. The van der Waals surface area contributed by atoms with Crippen LogP contribution in [0.3, 0.4) is 0 Å². The summed E-state index contributed by atoms with van der Waals surface area (Å²) in [6.45, 7) is 0.635. The van der Waals surface area contributed by atoms with Crippen LogP contribution in [0.1, 0.15) is 24.0 Å². The van der Waals surface area contributed by atoms with Crippen molar-refractivity contribution in [3.8, 4) is 6.07 Å². The summed E-state index contributed by atoms with van der Waals surface area (Å²) in [4.78, 5) is 4.40. The minimum absolute atomic E-state index is 0.635. The molecule has 2 rings (SSSR count). The highest BCUT2D eigenvalue weighted by Crippen LogP contribution is 2.10. The first kappa shape index (κ1) is 11.3. The average Bonchev–Trinajstić information content (AvgIpc) is 2.40. The van der Waals surface area contributed by atoms with Gasteiger partial charge in [-0.05, 0) is 36.1 Å². The van der Waals surface area contributed by atoms with Crippen molar-refractivity contribution in [3.05, 3.63) is 59.2 Å². The Kier molecular flexibility index (Phi) is 3.88. The summed E-state index contributed by atoms with van der Waals surface area (Å²) in [6, 6.07) is 9.71. The van der Waals surface area contributed by atoms with Gasteiger partial charge in [0.2, 0.25) is 0 Å². The number of benzene rings is 1. The Labute approximate surface area is 102 Å². The van der Waals surface area contributed by atoms with Gasteiger partial charge in [-0.3, -0.25) is 4.99 Å². The largest absolute Gasteiger partial charge is 0.288 e. The van der Waals surface area contributed by atoms with Crippen LogP contribution in [0.5, 0.6) is 0 Å². The molecule has 0 saturated carbocycles. The molecule has 17 heavy (non-hydrogen) atoms. The van der Waals surface area contributed by atoms with Crippen molar-refractivity contribution in [1.82, 2.24) is 0 Å². The molecule has 2 heteroatoms. The molecule has 0 aromatic heterocycles. The first-order chi connectivity index (χ1) is 8.38. The van der Waals surface area contributed by atoms with E-state index in [9.17, 15) is 0 Å². The SMILES string of the molecule is N#Cc1cccc(C/N=C/C2=CC=CCC2)c1. The lowest BCUT2D eigenvalue weighted by Gasteiger charge is -2.02. The highest BCUT2D eigenvalue weighted by Gasteiger charge is 1.96. The quantitative estimate of drug-likeness (QED) is 0.722. The molecule has 0 amide bonds. The summed E-state index contributed by atoms with van der Waals surface area (Å²) >= 11 is 0. The maximum atomic E-state index is 8.79. The lowest BCUT2D eigenvalue weighted by atomic mass is 10.1. The highest BCUT2D eigenvalue weighted by molar-refractivity contribution is 5.79. The summed E-state index contributed by atoms with van der Waals surface area (Å²) in [5, 5.41) is 8.79. The Balaban J connectivity index is 1.97. The lowest BCUT2D eigenvalue weighted by Crippen LogP contribution is -1.90. The Bertz CT molecular complexity index is 516. The van der Waals surface area contributed by atoms with Crippen molar-refractivity contribution in [2.24, 2.45) is 4.99 Å². The molecule has 0 bridgehead atoms. The third-order valence-corrected chi connectivity index (χ3v) is 2.63. The Morgan fingerprint density at radius 1 is 1.41 bits per heavy atom. The first-order valence-corrected chi connectivity index (χ1v) is 5.73. The molecule has 1 aliphatic carbocycles. The minimum atomic E-state index is 0.635. The van der Waals surface area contributed by atoms with Crippen LogP contribution in [-0.4, -0.2) is 6.21 Å². The molecule has 0 spiro atoms. The van der Waals surface area contributed by atoms with Crippen LogP contribution >= 0.6 is 0 Å². The monoisotopic (exact) mass is 222 g/mol. The number of allylic oxidation sites excluding steroid dienone is 4. The predicted octanol–water partition coefficient (Wildman–Crippen LogP) is 3.41. The van der Waals surface area contributed by atoms with E-state index < -0.39 is 0 Å². The lowest BCUT2D eigenvalue weighted by molar-refractivity contribution is 0.998. The smallest absolute Gasteiger partial charge is 0.0991 e. The number of hydrogen-bond acceptors (Lipinski definition) is 2. The molecule has 0 aliphatic heterocycles. The molecule has 1 aliphatic rings. The van der Waals surface area contributed by atoms with Gasteiger partial charge in [0, 0.05) is 6.21 Å². The van der Waals surface area contributed by atoms with Crippen molar-refractivity contribution >= 4 is 6.21 Å². The van der Waals surface area contributed by atoms with Crippen LogP contribution in [0.4, 0.5) is 0 Å². The summed E-state index contributed by atoms with van der Waals surface area (Å²) in [5.74, 6) is 0. The first-order valence-electron chi connectivity index (χ1n) is 5.73. The van der Waals surface area contributed by atoms with Crippen molar-refractivity contribution < 1.29 is 0 Å². The van der Waals surface area contributed by atoms with Crippen LogP contribution in [0.2, 0.25) is 0 Å². The number of nitrogens with zero attached hydrogens (tertiary/aromatic N) is 2. The molecule has 0 unspecified atom stereocenters. The van der Waals surface area contributed by atoms with Gasteiger partial charge in [0.05, 0.1) is 18.2 Å². The average molecular weight is 222 g/mol. The van der Waals surface area contributed by atoms with E-state index in [1.54, 1.807) is 0 Å². The molecular formula is C15H14N2. The highest BCUT2D eigenvalue weighted by atomic mass is 14.7. The van der Waals surface area contributed by atoms with Crippen molar-refractivity contribution in [1.29, 1.82) is 5.26 Å². The Hall–Kier alpha value is -2.14. The number of hydrogen-bond donors (Lipinski definition) is 0. The maximum absolute atomic E-state index is 8.79. The van der Waals surface area contributed by atoms with Gasteiger partial charge in [0.25, 0.3) is 0 Å². The van der Waals surface area contributed by atoms with Crippen molar-refractivity contribution in [2.45, 2.75) is 19.4 Å². The molecule has 1 aromatic rings. The maximum Gasteiger partial charge on any atom is 0.0991 e. The fourth-order valence-electron chi connectivity index (χ4n) is 1.74. The van der Waals surface area contributed by atoms with E-state index in [1.165, 1.54) is 5.57 Å². The molecule has 0 radical (unpaired) electrons. The van der Waals surface area contributed by atoms with E-state index in [4.69, 9.17) is 5.26 Å². The summed E-state index contributed by atoms with van der Waals surface area (Å²) in [6.07, 6.45) is 10.4. The normalized spacial score (nSPS) is 14.6. The predicted molar refractivity (Wildman–Crippen MR) is 69.8 cm³/mol. The van der Waals surface area contributed by atoms with Crippen LogP contribution in [-0.2, 0) is 6.54 Å². The second-order valence-corrected chi connectivity index (χ2v) is 3.99. The molecule has 0 heterocycles. The van der Waals surface area contributed by atoms with E-state index >= 15 is 0 Å². The molecule has 0 saturated heterocycles. The fraction of sp³-hybridized carbons (Fsp3) is 0.200. The Morgan fingerprint density at radius 3 is 3.12 bits per heavy atom. The number of aliphatic imine (C=N–C) groups is 1. The van der Waals surface area contributed by atoms with Crippen LogP contribution in [0.25, 0.3) is 0 Å². The van der Waals surface area contributed by atoms with Gasteiger partial charge in [-0.1, -0.05) is 30.4 Å². The summed E-state index contributed by atoms with van der Waals surface area (Å²) in [5.41, 5.74) is 3.04. The van der Waals surface area contributed by atoms with Gasteiger partial charge in [-0.15, -0.1) is 0 Å². The van der Waals surface area contributed by atoms with E-state index in [0.717, 1.165) is 18.4 Å². The minimum Gasteiger partial charge on any atom is -0.288 e. The van der Waals surface area contributed by atoms with Crippen LogP contribution < -0.4 is 0 Å². The van der Waals surface area contributed by atoms with E-state index in [-0.39, 0.29) is 0 Å². The third kappa shape index (κ3) is 3.42. The van der Waals surface area contributed by atoms with E-state index in [0.29, 0.717) is 12.1 Å². The van der Waals surface area contributed by atoms with Gasteiger partial charge >= 0.3 is 0 Å². The zero-order chi connectivity index (χ0) is 11.9. The zero-order valence-corrected chi connectivity index (χ0v) is 9.63. The Morgan fingerprint density at radius 2 is 2.35 bits per heavy atom. The topological polar surface area (TPSA) is 36.1 Å². The molecule has 84 valence electrons. The molecule has 0 fully saturated rings. The van der Waals surface area contributed by atoms with Gasteiger partial charge in [0.1, 0.15) is 0 Å². The molecule has 1 aromatic carbocycles. The zero-order valence-electron chi connectivity index (χ0n) is 9.63. The van der Waals surface area contributed by atoms with Crippen LogP contribution in [0, 0.1) is 11.3 Å².